The number of nitrogens with zero attached hydrogens (tertiary/aromatic N) is 7. The minimum Gasteiger partial charge on any atom is -0.481 e. The summed E-state index contributed by atoms with van der Waals surface area (Å²) in [5.74, 6) is -1.05. The van der Waals surface area contributed by atoms with Gasteiger partial charge in [-0.25, -0.2) is 15.0 Å². The van der Waals surface area contributed by atoms with Gasteiger partial charge in [0.25, 0.3) is 0 Å². The number of ketones is 2. The van der Waals surface area contributed by atoms with Gasteiger partial charge in [-0.05, 0) is 56.5 Å². The maximum absolute atomic E-state index is 14.6. The third kappa shape index (κ3) is 7.10. The Morgan fingerprint density at radius 2 is 1.51 bits per heavy atom. The summed E-state index contributed by atoms with van der Waals surface area (Å²) in [6.45, 7) is 16.3. The Labute approximate surface area is 343 Å². The molecule has 5 aromatic rings. The van der Waals surface area contributed by atoms with Crippen molar-refractivity contribution < 1.29 is 19.5 Å². The Hall–Kier alpha value is -6.11. The van der Waals surface area contributed by atoms with E-state index in [2.05, 4.69) is 24.9 Å². The number of nitrogens with one attached hydrogen (secondary N) is 1. The highest BCUT2D eigenvalue weighted by Crippen LogP contribution is 2.47. The van der Waals surface area contributed by atoms with Crippen molar-refractivity contribution in [3.05, 3.63) is 94.6 Å². The third-order valence-electron chi connectivity index (χ3n) is 12.1. The number of carbonyl (C=O) groups is 3. The Morgan fingerprint density at radius 1 is 0.864 bits per heavy atom. The highest BCUT2D eigenvalue weighted by Gasteiger charge is 2.50. The summed E-state index contributed by atoms with van der Waals surface area (Å²) in [4.78, 5) is 79.3. The molecule has 1 aliphatic carbocycles. The van der Waals surface area contributed by atoms with Crippen LogP contribution < -0.4 is 9.80 Å². The lowest BCUT2D eigenvalue weighted by Crippen LogP contribution is -2.34. The number of hydrogen-bond acceptors (Lipinski definition) is 11. The molecule has 3 atom stereocenters. The molecule has 0 radical (unpaired) electrons. The van der Waals surface area contributed by atoms with Gasteiger partial charge in [0.1, 0.15) is 11.1 Å². The second-order valence-corrected chi connectivity index (χ2v) is 19.0. The van der Waals surface area contributed by atoms with E-state index in [0.717, 1.165) is 28.1 Å². The van der Waals surface area contributed by atoms with E-state index in [9.17, 15) is 24.4 Å². The molecular weight excluding hydrogens is 745 g/mol. The molecule has 0 amide bonds. The van der Waals surface area contributed by atoms with Crippen LogP contribution in [0.4, 0.5) is 11.4 Å². The molecule has 0 spiro atoms. The van der Waals surface area contributed by atoms with Gasteiger partial charge in [-0.1, -0.05) is 71.0 Å². The summed E-state index contributed by atoms with van der Waals surface area (Å²) in [5.41, 5.74) is 5.32. The Kier molecular flexibility index (Phi) is 9.44. The lowest BCUT2D eigenvalue weighted by Gasteiger charge is -2.30. The van der Waals surface area contributed by atoms with Gasteiger partial charge in [0, 0.05) is 71.2 Å². The molecule has 5 heterocycles. The molecular formula is C46H50N8O5. The number of aromatic nitrogens is 5. The molecule has 0 bridgehead atoms. The van der Waals surface area contributed by atoms with Crippen molar-refractivity contribution in [1.29, 1.82) is 0 Å². The van der Waals surface area contributed by atoms with Crippen LogP contribution >= 0.6 is 0 Å². The first-order valence-electron chi connectivity index (χ1n) is 20.1. The van der Waals surface area contributed by atoms with Gasteiger partial charge in [-0.3, -0.25) is 19.4 Å². The molecule has 2 aromatic carbocycles. The Morgan fingerprint density at radius 3 is 2.15 bits per heavy atom. The fourth-order valence-electron chi connectivity index (χ4n) is 8.59. The quantitative estimate of drug-likeness (QED) is 0.108. The number of fused-ring (bicyclic) bond motifs is 2. The van der Waals surface area contributed by atoms with Crippen LogP contribution in [0.1, 0.15) is 90.0 Å². The zero-order chi connectivity index (χ0) is 42.2. The van der Waals surface area contributed by atoms with E-state index < -0.39 is 33.8 Å². The molecule has 2 aliphatic heterocycles. The van der Waals surface area contributed by atoms with E-state index in [0.29, 0.717) is 71.0 Å². The predicted octanol–water partition coefficient (Wildman–Crippen LogP) is 8.34. The number of Topliss-reactive ketones (excluding diaryl/α,β-unsaturated/α-hetero) is 2. The summed E-state index contributed by atoms with van der Waals surface area (Å²) in [7, 11) is 0. The van der Waals surface area contributed by atoms with Crippen LogP contribution in [-0.2, 0) is 16.0 Å². The van der Waals surface area contributed by atoms with Crippen molar-refractivity contribution in [3.63, 3.8) is 0 Å². The molecule has 13 heteroatoms. The van der Waals surface area contributed by atoms with Crippen LogP contribution in [-0.4, -0.2) is 78.8 Å². The molecule has 13 nitrogen and oxygen atoms in total. The molecule has 3 aromatic heterocycles. The largest absolute Gasteiger partial charge is 0.481 e. The second-order valence-electron chi connectivity index (χ2n) is 19.0. The van der Waals surface area contributed by atoms with E-state index in [-0.39, 0.29) is 24.5 Å². The van der Waals surface area contributed by atoms with Crippen LogP contribution in [0.5, 0.6) is 0 Å². The number of anilines is 2. The molecule has 2 fully saturated rings. The summed E-state index contributed by atoms with van der Waals surface area (Å²) >= 11 is 0. The minimum absolute atomic E-state index is 0.0454. The number of rotatable bonds is 9. The van der Waals surface area contributed by atoms with Gasteiger partial charge in [0.2, 0.25) is 0 Å². The fraction of sp³-hybridized carbons (Fsp3) is 0.413. The number of carboxylic acid groups (broad SMARTS) is 1. The normalized spacial score (nSPS) is 22.0. The average molecular weight is 795 g/mol. The standard InChI is InChI=1S/C46H50N8O5/c1-43(2,3)39(55)31-21-48-41-37(31)50-34(23-49-41)27-12-10-14-29(18-27)54-24-45(7,42(57)58)20-35(54)30-19-32-38(36(30)40(56)44(4,5)6)51-33(22-47-32)26-11-9-13-28(17-26)53-16-15-46(8,25-53)52-59/h9-14,17-18,21-23,35H,15-16,19-20,24-25H2,1-8H3,(H,48,49)(H,57,58). The molecule has 304 valence electrons. The van der Waals surface area contributed by atoms with Crippen molar-refractivity contribution in [2.75, 3.05) is 29.4 Å². The van der Waals surface area contributed by atoms with Crippen molar-refractivity contribution in [2.45, 2.75) is 86.2 Å². The number of benzene rings is 2. The highest BCUT2D eigenvalue weighted by molar-refractivity contribution is 6.25. The zero-order valence-electron chi connectivity index (χ0n) is 34.9. The van der Waals surface area contributed by atoms with Crippen LogP contribution in [0, 0.1) is 21.2 Å². The van der Waals surface area contributed by atoms with Crippen molar-refractivity contribution in [3.8, 4) is 22.5 Å². The number of carbonyl (C=O) groups excluding carboxylic acids is 2. The summed E-state index contributed by atoms with van der Waals surface area (Å²) in [6, 6.07) is 15.2. The van der Waals surface area contributed by atoms with E-state index in [1.54, 1.807) is 25.5 Å². The number of hydrogen-bond donors (Lipinski definition) is 2. The van der Waals surface area contributed by atoms with E-state index in [4.69, 9.17) is 15.0 Å². The van der Waals surface area contributed by atoms with Gasteiger partial charge in [0.05, 0.1) is 52.2 Å². The lowest BCUT2D eigenvalue weighted by atomic mass is 9.81. The first-order chi connectivity index (χ1) is 27.8. The van der Waals surface area contributed by atoms with Gasteiger partial charge in [0.15, 0.2) is 17.2 Å². The maximum Gasteiger partial charge on any atom is 0.311 e. The zero-order valence-corrected chi connectivity index (χ0v) is 34.9. The Balaban J connectivity index is 1.20. The molecule has 3 unspecified atom stereocenters. The van der Waals surface area contributed by atoms with Crippen molar-refractivity contribution in [1.82, 2.24) is 24.9 Å². The lowest BCUT2D eigenvalue weighted by molar-refractivity contribution is -0.146. The smallest absolute Gasteiger partial charge is 0.311 e. The number of aliphatic carboxylic acids is 1. The van der Waals surface area contributed by atoms with E-state index >= 15 is 0 Å². The maximum atomic E-state index is 14.6. The van der Waals surface area contributed by atoms with Gasteiger partial charge < -0.3 is 19.9 Å². The van der Waals surface area contributed by atoms with Crippen LogP contribution in [0.25, 0.3) is 39.3 Å². The van der Waals surface area contributed by atoms with Gasteiger partial charge in [-0.2, -0.15) is 4.91 Å². The van der Waals surface area contributed by atoms with Gasteiger partial charge >= 0.3 is 5.97 Å². The Bertz CT molecular complexity index is 2600. The molecule has 2 N–H and O–H groups in total. The van der Waals surface area contributed by atoms with Crippen molar-refractivity contribution >= 4 is 45.6 Å². The predicted molar refractivity (Wildman–Crippen MR) is 228 cm³/mol. The molecule has 8 rings (SSSR count). The van der Waals surface area contributed by atoms with Crippen molar-refractivity contribution in [2.24, 2.45) is 21.4 Å². The molecule has 0 saturated carbocycles. The first-order valence-corrected chi connectivity index (χ1v) is 20.1. The third-order valence-corrected chi connectivity index (χ3v) is 12.1. The summed E-state index contributed by atoms with van der Waals surface area (Å²) < 4.78 is 0. The SMILES string of the molecule is CC1(N=O)CCN(c2cccc(-c3cnc4c(n3)C(C(=O)C(C)(C)C)=C(C3CC(C)(C(=O)O)CN3c3cccc(-c5cnc6[nH]cc(C(=O)C(C)(C)C)c6n5)c3)C4)c2)C1. The summed E-state index contributed by atoms with van der Waals surface area (Å²) in [5, 5.41) is 14.0. The number of aromatic amines is 1. The number of carboxylic acids is 1. The highest BCUT2D eigenvalue weighted by atomic mass is 16.4. The van der Waals surface area contributed by atoms with Gasteiger partial charge in [-0.15, -0.1) is 0 Å². The van der Waals surface area contributed by atoms with E-state index in [1.807, 2.05) is 97.0 Å². The fourth-order valence-corrected chi connectivity index (χ4v) is 8.59. The molecule has 59 heavy (non-hydrogen) atoms. The average Bonchev–Trinajstić information content (AvgIpc) is 3.99. The monoisotopic (exact) mass is 794 g/mol. The van der Waals surface area contributed by atoms with Crippen LogP contribution in [0.2, 0.25) is 0 Å². The second kappa shape index (κ2) is 14.0. The van der Waals surface area contributed by atoms with Crippen LogP contribution in [0.3, 0.4) is 0 Å². The number of allylic oxidation sites excluding steroid dienone is 1. The summed E-state index contributed by atoms with van der Waals surface area (Å²) in [6.07, 6.45) is 6.35. The number of nitroso groups, excluding NO2 is 1. The molecule has 3 aliphatic rings. The minimum atomic E-state index is -1.12. The number of H-pyrrole nitrogens is 1. The van der Waals surface area contributed by atoms with E-state index in [1.165, 1.54) is 0 Å². The molecule has 2 saturated heterocycles. The van der Waals surface area contributed by atoms with Crippen LogP contribution in [0.15, 0.2) is 77.9 Å². The first kappa shape index (κ1) is 39.7. The topological polar surface area (TPSA) is 175 Å².